The minimum Gasteiger partial charge on any atom is -0.478 e. The largest absolute Gasteiger partial charge is 0.478 e. The van der Waals surface area contributed by atoms with Crippen LogP contribution in [0, 0.1) is 6.92 Å². The Morgan fingerprint density at radius 1 is 1.44 bits per heavy atom. The number of pyridine rings is 1. The lowest BCUT2D eigenvalue weighted by Gasteiger charge is -2.05. The summed E-state index contributed by atoms with van der Waals surface area (Å²) in [5.41, 5.74) is 0.614. The Bertz CT molecular complexity index is 606. The van der Waals surface area contributed by atoms with E-state index in [1.54, 1.807) is 6.92 Å². The smallest absolute Gasteiger partial charge is 0.337 e. The number of aromatic carboxylic acids is 1. The molecule has 92 valence electrons. The molecule has 0 spiro atoms. The summed E-state index contributed by atoms with van der Waals surface area (Å²) in [4.78, 5) is 26.4. The van der Waals surface area contributed by atoms with Crippen LogP contribution in [-0.2, 0) is 0 Å². The van der Waals surface area contributed by atoms with E-state index in [1.807, 2.05) is 0 Å². The van der Waals surface area contributed by atoms with Gasteiger partial charge in [-0.25, -0.2) is 4.79 Å². The third-order valence-electron chi connectivity index (χ3n) is 2.15. The number of rotatable bonds is 3. The van der Waals surface area contributed by atoms with E-state index in [1.165, 1.54) is 24.5 Å². The summed E-state index contributed by atoms with van der Waals surface area (Å²) in [7, 11) is 0. The maximum absolute atomic E-state index is 11.7. The molecule has 0 saturated heterocycles. The molecule has 0 saturated carbocycles. The van der Waals surface area contributed by atoms with Crippen molar-refractivity contribution in [2.75, 3.05) is 5.32 Å². The molecule has 2 heterocycles. The molecule has 7 heteroatoms. The molecule has 18 heavy (non-hydrogen) atoms. The van der Waals surface area contributed by atoms with E-state index in [0.717, 1.165) is 0 Å². The number of amides is 1. The van der Waals surface area contributed by atoms with E-state index in [-0.39, 0.29) is 17.0 Å². The Labute approximate surface area is 101 Å². The molecule has 0 bridgehead atoms. The minimum atomic E-state index is -1.15. The Hall–Kier alpha value is -2.70. The highest BCUT2D eigenvalue weighted by Gasteiger charge is 2.16. The van der Waals surface area contributed by atoms with E-state index in [9.17, 15) is 9.59 Å². The molecule has 0 unspecified atom stereocenters. The van der Waals surface area contributed by atoms with Gasteiger partial charge in [0, 0.05) is 12.3 Å². The number of nitrogens with zero attached hydrogens (tertiary/aromatic N) is 2. The van der Waals surface area contributed by atoms with Gasteiger partial charge in [-0.2, -0.15) is 0 Å². The average molecular weight is 247 g/mol. The Morgan fingerprint density at radius 3 is 2.83 bits per heavy atom. The highest BCUT2D eigenvalue weighted by atomic mass is 16.5. The molecule has 0 fully saturated rings. The summed E-state index contributed by atoms with van der Waals surface area (Å²) < 4.78 is 4.77. The van der Waals surface area contributed by atoms with Crippen molar-refractivity contribution in [3.8, 4) is 0 Å². The lowest BCUT2D eigenvalue weighted by Crippen LogP contribution is -2.14. The van der Waals surface area contributed by atoms with Gasteiger partial charge >= 0.3 is 5.97 Å². The lowest BCUT2D eigenvalue weighted by atomic mass is 10.2. The topological polar surface area (TPSA) is 105 Å². The molecular formula is C11H9N3O4. The summed E-state index contributed by atoms with van der Waals surface area (Å²) in [6.45, 7) is 1.67. The molecule has 2 N–H and O–H groups in total. The minimum absolute atomic E-state index is 0.00712. The monoisotopic (exact) mass is 247 g/mol. The van der Waals surface area contributed by atoms with Crippen LogP contribution < -0.4 is 5.32 Å². The highest BCUT2D eigenvalue weighted by Crippen LogP contribution is 2.15. The van der Waals surface area contributed by atoms with Gasteiger partial charge in [-0.1, -0.05) is 5.16 Å². The number of carboxylic acids is 1. The summed E-state index contributed by atoms with van der Waals surface area (Å²) in [6.07, 6.45) is 2.59. The number of carbonyl (C=O) groups excluding carboxylic acids is 1. The molecule has 0 aromatic carbocycles. The van der Waals surface area contributed by atoms with E-state index >= 15 is 0 Å². The molecule has 0 aliphatic rings. The first-order valence-corrected chi connectivity index (χ1v) is 5.00. The summed E-state index contributed by atoms with van der Waals surface area (Å²) in [6, 6.07) is 2.75. The Morgan fingerprint density at radius 2 is 2.22 bits per heavy atom. The van der Waals surface area contributed by atoms with Crippen molar-refractivity contribution in [1.82, 2.24) is 10.1 Å². The van der Waals surface area contributed by atoms with E-state index in [2.05, 4.69) is 15.5 Å². The predicted octanol–water partition coefficient (Wildman–Crippen LogP) is 1.33. The second-order valence-corrected chi connectivity index (χ2v) is 3.51. The number of hydrogen-bond donors (Lipinski definition) is 2. The van der Waals surface area contributed by atoms with Crippen LogP contribution in [0.4, 0.5) is 5.69 Å². The fraction of sp³-hybridized carbons (Fsp3) is 0.0909. The van der Waals surface area contributed by atoms with Gasteiger partial charge in [0.1, 0.15) is 0 Å². The van der Waals surface area contributed by atoms with E-state index in [0.29, 0.717) is 5.69 Å². The van der Waals surface area contributed by atoms with Gasteiger partial charge in [0.2, 0.25) is 5.76 Å². The first kappa shape index (κ1) is 11.8. The maximum Gasteiger partial charge on any atom is 0.337 e. The number of anilines is 1. The van der Waals surface area contributed by atoms with Crippen LogP contribution in [0.1, 0.15) is 26.6 Å². The second-order valence-electron chi connectivity index (χ2n) is 3.51. The third-order valence-corrected chi connectivity index (χ3v) is 2.15. The van der Waals surface area contributed by atoms with Gasteiger partial charge in [-0.3, -0.25) is 9.78 Å². The normalized spacial score (nSPS) is 10.1. The van der Waals surface area contributed by atoms with Crippen molar-refractivity contribution in [3.05, 3.63) is 41.5 Å². The Kier molecular flexibility index (Phi) is 3.05. The number of aryl methyl sites for hydroxylation is 1. The molecule has 0 aliphatic heterocycles. The van der Waals surface area contributed by atoms with Gasteiger partial charge < -0.3 is 14.9 Å². The van der Waals surface area contributed by atoms with Crippen LogP contribution in [0.2, 0.25) is 0 Å². The fourth-order valence-corrected chi connectivity index (χ4v) is 1.34. The number of carboxylic acid groups (broad SMARTS) is 1. The molecule has 2 aromatic heterocycles. The zero-order valence-electron chi connectivity index (χ0n) is 9.38. The molecule has 2 rings (SSSR count). The number of carbonyl (C=O) groups is 2. The van der Waals surface area contributed by atoms with Gasteiger partial charge in [0.05, 0.1) is 23.1 Å². The standard InChI is InChI=1S/C11H9N3O4/c1-6-4-9(18-14-6)10(15)13-8-5-12-3-2-7(8)11(16)17/h2-5H,1H3,(H,13,15)(H,16,17). The zero-order valence-corrected chi connectivity index (χ0v) is 9.38. The second kappa shape index (κ2) is 4.66. The predicted molar refractivity (Wildman–Crippen MR) is 60.4 cm³/mol. The van der Waals surface area contributed by atoms with Crippen LogP contribution in [0.25, 0.3) is 0 Å². The van der Waals surface area contributed by atoms with Crippen LogP contribution in [-0.4, -0.2) is 27.1 Å². The van der Waals surface area contributed by atoms with Crippen LogP contribution in [0.3, 0.4) is 0 Å². The highest BCUT2D eigenvalue weighted by molar-refractivity contribution is 6.06. The molecule has 2 aromatic rings. The third kappa shape index (κ3) is 2.34. The molecule has 0 atom stereocenters. The Balaban J connectivity index is 2.24. The SMILES string of the molecule is Cc1cc(C(=O)Nc2cnccc2C(=O)O)on1. The van der Waals surface area contributed by atoms with Crippen LogP contribution in [0.15, 0.2) is 29.0 Å². The molecule has 7 nitrogen and oxygen atoms in total. The molecular weight excluding hydrogens is 238 g/mol. The van der Waals surface area contributed by atoms with Gasteiger partial charge in [0.25, 0.3) is 5.91 Å². The van der Waals surface area contributed by atoms with Crippen LogP contribution in [0.5, 0.6) is 0 Å². The zero-order chi connectivity index (χ0) is 13.1. The first-order valence-electron chi connectivity index (χ1n) is 5.00. The van der Waals surface area contributed by atoms with E-state index in [4.69, 9.17) is 9.63 Å². The summed E-state index contributed by atoms with van der Waals surface area (Å²) >= 11 is 0. The molecule has 0 aliphatic carbocycles. The van der Waals surface area contributed by atoms with Crippen molar-refractivity contribution in [3.63, 3.8) is 0 Å². The van der Waals surface area contributed by atoms with Crippen molar-refractivity contribution in [2.45, 2.75) is 6.92 Å². The maximum atomic E-state index is 11.7. The lowest BCUT2D eigenvalue weighted by molar-refractivity contribution is 0.0698. The fourth-order valence-electron chi connectivity index (χ4n) is 1.34. The molecule has 0 radical (unpaired) electrons. The van der Waals surface area contributed by atoms with Crippen molar-refractivity contribution >= 4 is 17.6 Å². The quantitative estimate of drug-likeness (QED) is 0.847. The van der Waals surface area contributed by atoms with Gasteiger partial charge in [-0.15, -0.1) is 0 Å². The average Bonchev–Trinajstić information content (AvgIpc) is 2.76. The number of aromatic nitrogens is 2. The van der Waals surface area contributed by atoms with Crippen molar-refractivity contribution in [1.29, 1.82) is 0 Å². The van der Waals surface area contributed by atoms with Gasteiger partial charge in [0.15, 0.2) is 0 Å². The van der Waals surface area contributed by atoms with Crippen LogP contribution >= 0.6 is 0 Å². The molecule has 1 amide bonds. The van der Waals surface area contributed by atoms with Gasteiger partial charge in [-0.05, 0) is 13.0 Å². The van der Waals surface area contributed by atoms with Crippen molar-refractivity contribution in [2.24, 2.45) is 0 Å². The summed E-state index contributed by atoms with van der Waals surface area (Å²) in [5.74, 6) is -1.72. The first-order chi connectivity index (χ1) is 8.58. The van der Waals surface area contributed by atoms with E-state index < -0.39 is 11.9 Å². The van der Waals surface area contributed by atoms with Crippen molar-refractivity contribution < 1.29 is 19.2 Å². The number of nitrogens with one attached hydrogen (secondary N) is 1. The number of hydrogen-bond acceptors (Lipinski definition) is 5. The summed E-state index contributed by atoms with van der Waals surface area (Å²) in [5, 5.41) is 14.9.